The van der Waals surface area contributed by atoms with E-state index in [1.54, 1.807) is 6.08 Å². The van der Waals surface area contributed by atoms with Gasteiger partial charge in [-0.15, -0.1) is 0 Å². The summed E-state index contributed by atoms with van der Waals surface area (Å²) >= 11 is 0. The fourth-order valence-electron chi connectivity index (χ4n) is 1.95. The Morgan fingerprint density at radius 2 is 1.69 bits per heavy atom. The maximum absolute atomic E-state index is 11.5. The van der Waals surface area contributed by atoms with Gasteiger partial charge in [0.1, 0.15) is 0 Å². The SMILES string of the molecule is N.N.O=C1C=CC=C2C1=Cc1ccccc12. The van der Waals surface area contributed by atoms with Crippen LogP contribution in [0.2, 0.25) is 0 Å². The van der Waals surface area contributed by atoms with Crippen LogP contribution in [0.3, 0.4) is 0 Å². The van der Waals surface area contributed by atoms with Crippen LogP contribution in [-0.2, 0) is 4.79 Å². The third-order valence-electron chi connectivity index (χ3n) is 2.62. The Balaban J connectivity index is 0.000000640. The van der Waals surface area contributed by atoms with Crippen LogP contribution in [0.5, 0.6) is 0 Å². The Morgan fingerprint density at radius 1 is 0.938 bits per heavy atom. The number of rotatable bonds is 0. The van der Waals surface area contributed by atoms with E-state index in [1.165, 1.54) is 5.56 Å². The fourth-order valence-corrected chi connectivity index (χ4v) is 1.95. The minimum Gasteiger partial charge on any atom is -0.344 e. The minimum atomic E-state index is 0. The lowest BCUT2D eigenvalue weighted by molar-refractivity contribution is -0.110. The monoisotopic (exact) mass is 214 g/mol. The van der Waals surface area contributed by atoms with Gasteiger partial charge in [-0.25, -0.2) is 0 Å². The van der Waals surface area contributed by atoms with Gasteiger partial charge in [-0.1, -0.05) is 36.4 Å². The van der Waals surface area contributed by atoms with Crippen molar-refractivity contribution in [2.75, 3.05) is 0 Å². The number of hydrogen-bond acceptors (Lipinski definition) is 3. The van der Waals surface area contributed by atoms with Crippen molar-refractivity contribution < 1.29 is 4.79 Å². The van der Waals surface area contributed by atoms with E-state index < -0.39 is 0 Å². The van der Waals surface area contributed by atoms with Crippen LogP contribution in [0.25, 0.3) is 11.6 Å². The Labute approximate surface area is 94.3 Å². The zero-order valence-electron chi connectivity index (χ0n) is 8.94. The molecule has 1 aromatic carbocycles. The molecule has 3 nitrogen and oxygen atoms in total. The summed E-state index contributed by atoms with van der Waals surface area (Å²) in [6.45, 7) is 0. The van der Waals surface area contributed by atoms with Crippen LogP contribution in [0, 0.1) is 0 Å². The first-order chi connectivity index (χ1) is 6.86. The largest absolute Gasteiger partial charge is 0.344 e. The van der Waals surface area contributed by atoms with E-state index in [0.29, 0.717) is 0 Å². The van der Waals surface area contributed by atoms with Gasteiger partial charge in [0.15, 0.2) is 5.78 Å². The Kier molecular flexibility index (Phi) is 3.22. The zero-order chi connectivity index (χ0) is 9.54. The Bertz CT molecular complexity index is 524. The van der Waals surface area contributed by atoms with Gasteiger partial charge in [0, 0.05) is 5.57 Å². The van der Waals surface area contributed by atoms with Crippen LogP contribution < -0.4 is 12.3 Å². The predicted molar refractivity (Wildman–Crippen MR) is 66.6 cm³/mol. The number of fused-ring (bicyclic) bond motifs is 3. The van der Waals surface area contributed by atoms with Crippen molar-refractivity contribution in [2.45, 2.75) is 0 Å². The van der Waals surface area contributed by atoms with E-state index >= 15 is 0 Å². The van der Waals surface area contributed by atoms with E-state index in [4.69, 9.17) is 0 Å². The van der Waals surface area contributed by atoms with Crippen molar-refractivity contribution >= 4 is 17.4 Å². The number of benzene rings is 1. The van der Waals surface area contributed by atoms with Crippen LogP contribution in [0.4, 0.5) is 0 Å². The maximum atomic E-state index is 11.5. The highest BCUT2D eigenvalue weighted by Crippen LogP contribution is 2.37. The molecule has 2 aliphatic carbocycles. The van der Waals surface area contributed by atoms with Gasteiger partial charge in [0.05, 0.1) is 0 Å². The first-order valence-electron chi connectivity index (χ1n) is 4.60. The molecule has 0 heterocycles. The van der Waals surface area contributed by atoms with Crippen LogP contribution >= 0.6 is 0 Å². The molecule has 0 radical (unpaired) electrons. The molecule has 0 saturated heterocycles. The lowest BCUT2D eigenvalue weighted by Gasteiger charge is -2.06. The number of allylic oxidation sites excluding steroid dienone is 5. The smallest absolute Gasteiger partial charge is 0.186 e. The lowest BCUT2D eigenvalue weighted by Crippen LogP contribution is -2.00. The van der Waals surface area contributed by atoms with Crippen molar-refractivity contribution in [2.24, 2.45) is 0 Å². The minimum absolute atomic E-state index is 0. The molecule has 0 amide bonds. The van der Waals surface area contributed by atoms with Crippen molar-refractivity contribution in [1.82, 2.24) is 12.3 Å². The third kappa shape index (κ3) is 1.52. The Hall–Kier alpha value is -1.97. The predicted octanol–water partition coefficient (Wildman–Crippen LogP) is 2.93. The second-order valence-electron chi connectivity index (χ2n) is 3.45. The summed E-state index contributed by atoms with van der Waals surface area (Å²) in [5.74, 6) is 0.110. The van der Waals surface area contributed by atoms with Crippen molar-refractivity contribution in [3.63, 3.8) is 0 Å². The molecule has 3 rings (SSSR count). The summed E-state index contributed by atoms with van der Waals surface area (Å²) in [7, 11) is 0. The fraction of sp³-hybridized carbons (Fsp3) is 0. The normalized spacial score (nSPS) is 15.1. The van der Waals surface area contributed by atoms with Gasteiger partial charge in [0.25, 0.3) is 0 Å². The quantitative estimate of drug-likeness (QED) is 0.696. The molecule has 0 unspecified atom stereocenters. The molecular formula is C13H14N2O. The van der Waals surface area contributed by atoms with E-state index in [-0.39, 0.29) is 18.1 Å². The highest BCUT2D eigenvalue weighted by atomic mass is 16.1. The van der Waals surface area contributed by atoms with Crippen molar-refractivity contribution in [3.8, 4) is 0 Å². The molecule has 3 heteroatoms. The van der Waals surface area contributed by atoms with Crippen LogP contribution in [0.15, 0.2) is 48.1 Å². The molecule has 2 aliphatic rings. The zero-order valence-corrected chi connectivity index (χ0v) is 8.94. The Morgan fingerprint density at radius 3 is 2.50 bits per heavy atom. The van der Waals surface area contributed by atoms with Crippen molar-refractivity contribution in [3.05, 3.63) is 59.2 Å². The molecule has 82 valence electrons. The second kappa shape index (κ2) is 4.26. The van der Waals surface area contributed by atoms with Gasteiger partial charge in [0.2, 0.25) is 0 Å². The number of hydrogen-bond donors (Lipinski definition) is 2. The summed E-state index contributed by atoms with van der Waals surface area (Å²) in [5.41, 5.74) is 4.20. The summed E-state index contributed by atoms with van der Waals surface area (Å²) in [4.78, 5) is 11.5. The van der Waals surface area contributed by atoms with Gasteiger partial charge in [-0.05, 0) is 28.9 Å². The molecule has 0 aliphatic heterocycles. The first kappa shape index (κ1) is 12.1. The molecule has 16 heavy (non-hydrogen) atoms. The van der Waals surface area contributed by atoms with Crippen LogP contribution in [-0.4, -0.2) is 5.78 Å². The number of carbonyl (C=O) groups is 1. The lowest BCUT2D eigenvalue weighted by atomic mass is 9.96. The molecule has 0 aromatic heterocycles. The molecule has 0 bridgehead atoms. The topological polar surface area (TPSA) is 87.1 Å². The van der Waals surface area contributed by atoms with E-state index in [9.17, 15) is 4.79 Å². The first-order valence-corrected chi connectivity index (χ1v) is 4.60. The second-order valence-corrected chi connectivity index (χ2v) is 3.45. The molecule has 6 N–H and O–H groups in total. The van der Waals surface area contributed by atoms with Gasteiger partial charge < -0.3 is 12.3 Å². The summed E-state index contributed by atoms with van der Waals surface area (Å²) in [5, 5.41) is 0. The average molecular weight is 214 g/mol. The van der Waals surface area contributed by atoms with Crippen molar-refractivity contribution in [1.29, 1.82) is 0 Å². The number of ketones is 1. The van der Waals surface area contributed by atoms with Gasteiger partial charge in [-0.3, -0.25) is 4.79 Å². The third-order valence-corrected chi connectivity index (χ3v) is 2.62. The standard InChI is InChI=1S/C13H8O.2H3N/c14-13-7-3-6-11-10-5-2-1-4-9(10)8-12(11)13;;/h1-8H;2*1H3. The van der Waals surface area contributed by atoms with Crippen LogP contribution in [0.1, 0.15) is 11.1 Å². The maximum Gasteiger partial charge on any atom is 0.186 e. The molecular weight excluding hydrogens is 200 g/mol. The molecule has 0 fully saturated rings. The van der Waals surface area contributed by atoms with Gasteiger partial charge in [-0.2, -0.15) is 0 Å². The summed E-state index contributed by atoms with van der Waals surface area (Å²) in [6.07, 6.45) is 7.39. The summed E-state index contributed by atoms with van der Waals surface area (Å²) in [6, 6.07) is 8.08. The molecule has 0 atom stereocenters. The average Bonchev–Trinajstić information content (AvgIpc) is 2.59. The van der Waals surface area contributed by atoms with E-state index in [0.717, 1.165) is 16.7 Å². The summed E-state index contributed by atoms with van der Waals surface area (Å²) < 4.78 is 0. The highest BCUT2D eigenvalue weighted by Gasteiger charge is 2.23. The van der Waals surface area contributed by atoms with E-state index in [2.05, 4.69) is 6.07 Å². The molecule has 1 aromatic rings. The number of carbonyl (C=O) groups excluding carboxylic acids is 1. The van der Waals surface area contributed by atoms with E-state index in [1.807, 2.05) is 36.4 Å². The molecule has 0 saturated carbocycles. The highest BCUT2D eigenvalue weighted by molar-refractivity contribution is 6.23. The van der Waals surface area contributed by atoms with Gasteiger partial charge >= 0.3 is 0 Å². The molecule has 0 spiro atoms.